The number of methoxy groups -OCH3 is 1. The van der Waals surface area contributed by atoms with Gasteiger partial charge in [0, 0.05) is 31.1 Å². The lowest BCUT2D eigenvalue weighted by atomic mass is 10.1. The minimum absolute atomic E-state index is 0. The molecule has 4 nitrogen and oxygen atoms in total. The third kappa shape index (κ3) is 3.86. The van der Waals surface area contributed by atoms with E-state index in [-0.39, 0.29) is 18.3 Å². The van der Waals surface area contributed by atoms with Crippen LogP contribution in [0.4, 0.5) is 0 Å². The van der Waals surface area contributed by atoms with E-state index < -0.39 is 0 Å². The second-order valence-corrected chi connectivity index (χ2v) is 6.61. The molecule has 1 saturated heterocycles. The number of ether oxygens (including phenoxy) is 1. The van der Waals surface area contributed by atoms with Gasteiger partial charge in [-0.1, -0.05) is 12.1 Å². The van der Waals surface area contributed by atoms with Crippen LogP contribution in [0.5, 0.6) is 5.75 Å². The number of nitrogens with one attached hydrogen (secondary N) is 1. The molecule has 1 N–H and O–H groups in total. The largest absolute Gasteiger partial charge is 0.497 e. The molecular weight excluding hydrogens is 332 g/mol. The first-order valence-electron chi connectivity index (χ1n) is 7.44. The fraction of sp³-hybridized carbons (Fsp3) is 0.353. The number of benzene rings is 1. The average molecular weight is 353 g/mol. The highest BCUT2D eigenvalue weighted by Gasteiger charge is 2.21. The highest BCUT2D eigenvalue weighted by atomic mass is 35.5. The van der Waals surface area contributed by atoms with Gasteiger partial charge in [-0.15, -0.1) is 23.7 Å². The molecule has 1 aliphatic rings. The Labute approximate surface area is 146 Å². The van der Waals surface area contributed by atoms with Gasteiger partial charge in [0.05, 0.1) is 12.0 Å². The average Bonchev–Trinajstić information content (AvgIpc) is 2.97. The number of amides is 1. The maximum absolute atomic E-state index is 12.6. The van der Waals surface area contributed by atoms with Crippen molar-refractivity contribution in [1.82, 2.24) is 10.2 Å². The maximum atomic E-state index is 12.6. The van der Waals surface area contributed by atoms with Crippen molar-refractivity contribution in [2.45, 2.75) is 6.92 Å². The van der Waals surface area contributed by atoms with E-state index in [1.54, 1.807) is 18.4 Å². The van der Waals surface area contributed by atoms with Gasteiger partial charge in [-0.2, -0.15) is 0 Å². The maximum Gasteiger partial charge on any atom is 0.264 e. The number of halogens is 1. The van der Waals surface area contributed by atoms with Crippen LogP contribution < -0.4 is 10.1 Å². The first-order chi connectivity index (χ1) is 10.7. The van der Waals surface area contributed by atoms with E-state index in [0.717, 1.165) is 47.9 Å². The molecule has 0 spiro atoms. The Bertz CT molecular complexity index is 664. The molecule has 1 amide bonds. The lowest BCUT2D eigenvalue weighted by molar-refractivity contribution is 0.0740. The number of hydrogen-bond acceptors (Lipinski definition) is 4. The number of hydrogen-bond donors (Lipinski definition) is 1. The molecule has 0 unspecified atom stereocenters. The molecule has 1 fully saturated rings. The Morgan fingerprint density at radius 1 is 1.22 bits per heavy atom. The van der Waals surface area contributed by atoms with E-state index in [2.05, 4.69) is 12.2 Å². The fourth-order valence-electron chi connectivity index (χ4n) is 2.67. The zero-order valence-electron chi connectivity index (χ0n) is 13.3. The summed E-state index contributed by atoms with van der Waals surface area (Å²) in [5.74, 6) is 0.989. The van der Waals surface area contributed by atoms with Crippen LogP contribution in [0.15, 0.2) is 30.3 Å². The summed E-state index contributed by atoms with van der Waals surface area (Å²) in [5.41, 5.74) is 2.25. The van der Waals surface area contributed by atoms with Gasteiger partial charge in [-0.25, -0.2) is 0 Å². The third-order valence-electron chi connectivity index (χ3n) is 3.93. The number of rotatable bonds is 3. The predicted molar refractivity (Wildman–Crippen MR) is 97.1 cm³/mol. The fourth-order valence-corrected chi connectivity index (χ4v) is 3.68. The number of thiophene rings is 1. The molecule has 1 aromatic carbocycles. The summed E-state index contributed by atoms with van der Waals surface area (Å²) in [5, 5.41) is 3.27. The Hall–Kier alpha value is -1.56. The smallest absolute Gasteiger partial charge is 0.264 e. The minimum atomic E-state index is 0. The van der Waals surface area contributed by atoms with Crippen molar-refractivity contribution in [2.75, 3.05) is 33.3 Å². The van der Waals surface area contributed by atoms with Crippen LogP contribution in [0, 0.1) is 6.92 Å². The molecule has 0 bridgehead atoms. The molecule has 1 aliphatic heterocycles. The topological polar surface area (TPSA) is 41.6 Å². The molecule has 1 aromatic heterocycles. The Kier molecular flexibility index (Phi) is 6.04. The van der Waals surface area contributed by atoms with E-state index in [0.29, 0.717) is 0 Å². The van der Waals surface area contributed by atoms with Crippen molar-refractivity contribution in [3.63, 3.8) is 0 Å². The quantitative estimate of drug-likeness (QED) is 0.922. The molecule has 2 heterocycles. The Balaban J connectivity index is 0.00000192. The van der Waals surface area contributed by atoms with Crippen LogP contribution in [0.25, 0.3) is 11.1 Å². The molecule has 0 aliphatic carbocycles. The van der Waals surface area contributed by atoms with Crippen LogP contribution in [-0.4, -0.2) is 44.1 Å². The lowest BCUT2D eigenvalue weighted by Crippen LogP contribution is -2.46. The van der Waals surface area contributed by atoms with Gasteiger partial charge in [-0.05, 0) is 36.2 Å². The van der Waals surface area contributed by atoms with Gasteiger partial charge in [0.25, 0.3) is 5.91 Å². The molecule has 6 heteroatoms. The van der Waals surface area contributed by atoms with Crippen molar-refractivity contribution in [3.8, 4) is 16.9 Å². The van der Waals surface area contributed by atoms with Crippen LogP contribution in [-0.2, 0) is 0 Å². The van der Waals surface area contributed by atoms with Gasteiger partial charge in [0.2, 0.25) is 0 Å². The second-order valence-electron chi connectivity index (χ2n) is 5.35. The SMILES string of the molecule is COc1ccc(-c2cc(C(=O)N3CCNCC3)sc2C)cc1.Cl. The van der Waals surface area contributed by atoms with Gasteiger partial charge in [-0.3, -0.25) is 4.79 Å². The standard InChI is InChI=1S/C17H20N2O2S.ClH/c1-12-15(13-3-5-14(21-2)6-4-13)11-16(22-12)17(20)19-9-7-18-8-10-19;/h3-6,11,18H,7-10H2,1-2H3;1H. The highest BCUT2D eigenvalue weighted by molar-refractivity contribution is 7.14. The molecule has 124 valence electrons. The normalized spacial score (nSPS) is 14.3. The van der Waals surface area contributed by atoms with Crippen molar-refractivity contribution >= 4 is 29.7 Å². The summed E-state index contributed by atoms with van der Waals surface area (Å²) in [6.07, 6.45) is 0. The summed E-state index contributed by atoms with van der Waals surface area (Å²) in [7, 11) is 1.66. The Morgan fingerprint density at radius 3 is 2.48 bits per heavy atom. The molecule has 0 radical (unpaired) electrons. The van der Waals surface area contributed by atoms with E-state index >= 15 is 0 Å². The van der Waals surface area contributed by atoms with Gasteiger partial charge >= 0.3 is 0 Å². The van der Waals surface area contributed by atoms with Crippen LogP contribution in [0.3, 0.4) is 0 Å². The van der Waals surface area contributed by atoms with E-state index in [1.165, 1.54) is 4.88 Å². The van der Waals surface area contributed by atoms with Crippen molar-refractivity contribution < 1.29 is 9.53 Å². The first-order valence-corrected chi connectivity index (χ1v) is 8.25. The van der Waals surface area contributed by atoms with Crippen LogP contribution in [0.2, 0.25) is 0 Å². The number of carbonyl (C=O) groups is 1. The highest BCUT2D eigenvalue weighted by Crippen LogP contribution is 2.32. The van der Waals surface area contributed by atoms with E-state index in [1.807, 2.05) is 35.2 Å². The van der Waals surface area contributed by atoms with E-state index in [4.69, 9.17) is 4.74 Å². The third-order valence-corrected chi connectivity index (χ3v) is 4.97. The minimum Gasteiger partial charge on any atom is -0.497 e. The first kappa shape index (κ1) is 17.8. The summed E-state index contributed by atoms with van der Waals surface area (Å²) in [6, 6.07) is 9.99. The molecule has 3 rings (SSSR count). The second kappa shape index (κ2) is 7.81. The van der Waals surface area contributed by atoms with Gasteiger partial charge < -0.3 is 15.0 Å². The molecule has 23 heavy (non-hydrogen) atoms. The molecular formula is C17H21ClN2O2S. The predicted octanol–water partition coefficient (Wildman–Crippen LogP) is 3.20. The monoisotopic (exact) mass is 352 g/mol. The zero-order chi connectivity index (χ0) is 15.5. The molecule has 0 atom stereocenters. The molecule has 2 aromatic rings. The summed E-state index contributed by atoms with van der Waals surface area (Å²) in [6.45, 7) is 5.39. The van der Waals surface area contributed by atoms with Crippen molar-refractivity contribution in [2.24, 2.45) is 0 Å². The Morgan fingerprint density at radius 2 is 1.87 bits per heavy atom. The number of piperazine rings is 1. The summed E-state index contributed by atoms with van der Waals surface area (Å²) in [4.78, 5) is 16.5. The summed E-state index contributed by atoms with van der Waals surface area (Å²) >= 11 is 1.58. The molecule has 0 saturated carbocycles. The van der Waals surface area contributed by atoms with Crippen molar-refractivity contribution in [3.05, 3.63) is 40.1 Å². The summed E-state index contributed by atoms with van der Waals surface area (Å²) < 4.78 is 5.19. The van der Waals surface area contributed by atoms with Crippen LogP contribution in [0.1, 0.15) is 14.5 Å². The lowest BCUT2D eigenvalue weighted by Gasteiger charge is -2.26. The van der Waals surface area contributed by atoms with Gasteiger partial charge in [0.15, 0.2) is 0 Å². The van der Waals surface area contributed by atoms with Crippen molar-refractivity contribution in [1.29, 1.82) is 0 Å². The zero-order valence-corrected chi connectivity index (χ0v) is 14.9. The van der Waals surface area contributed by atoms with Crippen LogP contribution >= 0.6 is 23.7 Å². The number of nitrogens with zero attached hydrogens (tertiary/aromatic N) is 1. The number of carbonyl (C=O) groups excluding carboxylic acids is 1. The number of aryl methyl sites for hydroxylation is 1. The van der Waals surface area contributed by atoms with Gasteiger partial charge in [0.1, 0.15) is 5.75 Å². The van der Waals surface area contributed by atoms with E-state index in [9.17, 15) is 4.79 Å².